The van der Waals surface area contributed by atoms with Crippen LogP contribution in [0.2, 0.25) is 0 Å². The molecular formula is C18H36. The molecule has 18 heavy (non-hydrogen) atoms. The fourth-order valence-corrected chi connectivity index (χ4v) is 3.99. The standard InChI is InChI=1S/C18H36/c1-8-9-10-14(4)16-11-15(5)18(6,7)12-17(16)13(2)3/h13-17H,8-12H2,1-7H3. The van der Waals surface area contributed by atoms with Crippen molar-refractivity contribution in [2.45, 2.75) is 80.6 Å². The van der Waals surface area contributed by atoms with E-state index in [1.54, 1.807) is 0 Å². The molecule has 1 aliphatic rings. The van der Waals surface area contributed by atoms with Crippen LogP contribution in [0.15, 0.2) is 0 Å². The van der Waals surface area contributed by atoms with Gasteiger partial charge in [-0.25, -0.2) is 0 Å². The fraction of sp³-hybridized carbons (Fsp3) is 1.00. The Labute approximate surface area is 116 Å². The van der Waals surface area contributed by atoms with Gasteiger partial charge < -0.3 is 0 Å². The van der Waals surface area contributed by atoms with Crippen LogP contribution < -0.4 is 0 Å². The lowest BCUT2D eigenvalue weighted by molar-refractivity contribution is 0.00736. The van der Waals surface area contributed by atoms with Crippen LogP contribution in [0.4, 0.5) is 0 Å². The first kappa shape index (κ1) is 16.1. The maximum Gasteiger partial charge on any atom is -0.0326 e. The molecule has 0 spiro atoms. The second-order valence-electron chi connectivity index (χ2n) is 8.02. The van der Waals surface area contributed by atoms with Crippen molar-refractivity contribution in [2.75, 3.05) is 0 Å². The molecule has 0 heteroatoms. The Hall–Kier alpha value is 0. The molecule has 0 bridgehead atoms. The molecule has 0 amide bonds. The molecular weight excluding hydrogens is 216 g/mol. The zero-order valence-corrected chi connectivity index (χ0v) is 13.9. The van der Waals surface area contributed by atoms with Crippen LogP contribution >= 0.6 is 0 Å². The molecule has 108 valence electrons. The summed E-state index contributed by atoms with van der Waals surface area (Å²) in [4.78, 5) is 0. The van der Waals surface area contributed by atoms with Crippen molar-refractivity contribution in [2.24, 2.45) is 35.0 Å². The third-order valence-electron chi connectivity index (χ3n) is 5.87. The van der Waals surface area contributed by atoms with Gasteiger partial charge in [-0.05, 0) is 47.8 Å². The first-order chi connectivity index (χ1) is 8.29. The molecule has 0 N–H and O–H groups in total. The zero-order valence-electron chi connectivity index (χ0n) is 13.9. The van der Waals surface area contributed by atoms with Gasteiger partial charge in [0.05, 0.1) is 0 Å². The molecule has 1 aliphatic carbocycles. The second-order valence-corrected chi connectivity index (χ2v) is 8.02. The van der Waals surface area contributed by atoms with Crippen molar-refractivity contribution >= 4 is 0 Å². The minimum Gasteiger partial charge on any atom is -0.0654 e. The Bertz CT molecular complexity index is 238. The normalized spacial score (nSPS) is 33.7. The molecule has 1 fully saturated rings. The highest BCUT2D eigenvalue weighted by Crippen LogP contribution is 2.51. The maximum atomic E-state index is 2.51. The summed E-state index contributed by atoms with van der Waals surface area (Å²) >= 11 is 0. The average Bonchev–Trinajstić information content (AvgIpc) is 2.28. The molecule has 0 aliphatic heterocycles. The quantitative estimate of drug-likeness (QED) is 0.550. The third-order valence-corrected chi connectivity index (χ3v) is 5.87. The highest BCUT2D eigenvalue weighted by atomic mass is 14.5. The lowest BCUT2D eigenvalue weighted by Gasteiger charge is -2.49. The average molecular weight is 252 g/mol. The molecule has 0 aromatic rings. The van der Waals surface area contributed by atoms with Gasteiger partial charge in [0.1, 0.15) is 0 Å². The first-order valence-corrected chi connectivity index (χ1v) is 8.29. The van der Waals surface area contributed by atoms with Gasteiger partial charge in [-0.15, -0.1) is 0 Å². The smallest absolute Gasteiger partial charge is 0.0326 e. The first-order valence-electron chi connectivity index (χ1n) is 8.29. The maximum absolute atomic E-state index is 2.51. The topological polar surface area (TPSA) is 0 Å². The summed E-state index contributed by atoms with van der Waals surface area (Å²) in [5.74, 6) is 4.59. The third kappa shape index (κ3) is 3.75. The van der Waals surface area contributed by atoms with Crippen LogP contribution in [-0.2, 0) is 0 Å². The van der Waals surface area contributed by atoms with Crippen LogP contribution in [0, 0.1) is 35.0 Å². The largest absolute Gasteiger partial charge is 0.0654 e. The van der Waals surface area contributed by atoms with Crippen LogP contribution in [0.3, 0.4) is 0 Å². The predicted molar refractivity (Wildman–Crippen MR) is 82.7 cm³/mol. The minimum atomic E-state index is 0.552. The van der Waals surface area contributed by atoms with E-state index in [1.807, 2.05) is 0 Å². The Morgan fingerprint density at radius 2 is 1.72 bits per heavy atom. The summed E-state index contributed by atoms with van der Waals surface area (Å²) in [5, 5.41) is 0. The van der Waals surface area contributed by atoms with Gasteiger partial charge in [0.25, 0.3) is 0 Å². The van der Waals surface area contributed by atoms with Crippen molar-refractivity contribution in [1.82, 2.24) is 0 Å². The Balaban J connectivity index is 2.74. The summed E-state index contributed by atoms with van der Waals surface area (Å²) in [6.45, 7) is 17.2. The summed E-state index contributed by atoms with van der Waals surface area (Å²) in [6, 6.07) is 0. The molecule has 4 atom stereocenters. The van der Waals surface area contributed by atoms with Crippen molar-refractivity contribution in [1.29, 1.82) is 0 Å². The Kier molecular flexibility index (Phi) is 5.74. The Morgan fingerprint density at radius 3 is 2.22 bits per heavy atom. The number of unbranched alkanes of at least 4 members (excludes halogenated alkanes) is 1. The predicted octanol–water partition coefficient (Wildman–Crippen LogP) is 6.16. The molecule has 0 saturated heterocycles. The lowest BCUT2D eigenvalue weighted by Crippen LogP contribution is -2.40. The molecule has 0 aromatic heterocycles. The van der Waals surface area contributed by atoms with Gasteiger partial charge in [-0.3, -0.25) is 0 Å². The summed E-state index contributed by atoms with van der Waals surface area (Å²) in [6.07, 6.45) is 7.11. The molecule has 0 aromatic carbocycles. The van der Waals surface area contributed by atoms with Crippen LogP contribution in [0.25, 0.3) is 0 Å². The SMILES string of the molecule is CCCCC(C)C1CC(C)C(C)(C)CC1C(C)C. The van der Waals surface area contributed by atoms with Gasteiger partial charge in [0, 0.05) is 0 Å². The molecule has 1 saturated carbocycles. The van der Waals surface area contributed by atoms with Crippen molar-refractivity contribution in [3.63, 3.8) is 0 Å². The summed E-state index contributed by atoms with van der Waals surface area (Å²) in [7, 11) is 0. The van der Waals surface area contributed by atoms with E-state index in [-0.39, 0.29) is 0 Å². The van der Waals surface area contributed by atoms with E-state index in [4.69, 9.17) is 0 Å². The molecule has 1 rings (SSSR count). The van der Waals surface area contributed by atoms with E-state index in [2.05, 4.69) is 48.5 Å². The highest BCUT2D eigenvalue weighted by molar-refractivity contribution is 4.91. The van der Waals surface area contributed by atoms with Crippen molar-refractivity contribution in [3.05, 3.63) is 0 Å². The van der Waals surface area contributed by atoms with Crippen LogP contribution in [-0.4, -0.2) is 0 Å². The number of rotatable bonds is 5. The second kappa shape index (κ2) is 6.44. The molecule has 0 radical (unpaired) electrons. The van der Waals surface area contributed by atoms with Gasteiger partial charge >= 0.3 is 0 Å². The summed E-state index contributed by atoms with van der Waals surface area (Å²) < 4.78 is 0. The van der Waals surface area contributed by atoms with E-state index in [9.17, 15) is 0 Å². The minimum absolute atomic E-state index is 0.552. The van der Waals surface area contributed by atoms with Crippen molar-refractivity contribution in [3.8, 4) is 0 Å². The van der Waals surface area contributed by atoms with Crippen LogP contribution in [0.1, 0.15) is 80.6 Å². The number of hydrogen-bond acceptors (Lipinski definition) is 0. The highest BCUT2D eigenvalue weighted by Gasteiger charge is 2.42. The van der Waals surface area contributed by atoms with E-state index in [0.29, 0.717) is 5.41 Å². The number of hydrogen-bond donors (Lipinski definition) is 0. The molecule has 0 nitrogen and oxygen atoms in total. The lowest BCUT2D eigenvalue weighted by atomic mass is 9.56. The Morgan fingerprint density at radius 1 is 1.11 bits per heavy atom. The van der Waals surface area contributed by atoms with Gasteiger partial charge in [0.2, 0.25) is 0 Å². The van der Waals surface area contributed by atoms with Gasteiger partial charge in [0.15, 0.2) is 0 Å². The van der Waals surface area contributed by atoms with Gasteiger partial charge in [-0.2, -0.15) is 0 Å². The van der Waals surface area contributed by atoms with E-state index in [0.717, 1.165) is 29.6 Å². The fourth-order valence-electron chi connectivity index (χ4n) is 3.99. The zero-order chi connectivity index (χ0) is 13.9. The molecule has 4 unspecified atom stereocenters. The van der Waals surface area contributed by atoms with Crippen LogP contribution in [0.5, 0.6) is 0 Å². The van der Waals surface area contributed by atoms with E-state index < -0.39 is 0 Å². The monoisotopic (exact) mass is 252 g/mol. The van der Waals surface area contributed by atoms with Gasteiger partial charge in [-0.1, -0.05) is 67.7 Å². The van der Waals surface area contributed by atoms with E-state index in [1.165, 1.54) is 32.1 Å². The van der Waals surface area contributed by atoms with E-state index >= 15 is 0 Å². The summed E-state index contributed by atoms with van der Waals surface area (Å²) in [5.41, 5.74) is 0.552. The van der Waals surface area contributed by atoms with Crippen molar-refractivity contribution < 1.29 is 0 Å². The molecule has 0 heterocycles.